The number of nitrogens with zero attached hydrogens (tertiary/aromatic N) is 4. The fourth-order valence-corrected chi connectivity index (χ4v) is 5.40. The molecule has 2 aromatic heterocycles. The zero-order valence-corrected chi connectivity index (χ0v) is 25.7. The summed E-state index contributed by atoms with van der Waals surface area (Å²) in [6.45, 7) is 8.73. The van der Waals surface area contributed by atoms with Gasteiger partial charge in [-0.15, -0.1) is 5.53 Å². The van der Waals surface area contributed by atoms with Crippen molar-refractivity contribution in [2.45, 2.75) is 58.5 Å². The van der Waals surface area contributed by atoms with E-state index in [1.165, 1.54) is 25.4 Å². The molecule has 1 atom stereocenters. The molecule has 1 aliphatic heterocycles. The topological polar surface area (TPSA) is 119 Å². The third-order valence-corrected chi connectivity index (χ3v) is 7.89. The summed E-state index contributed by atoms with van der Waals surface area (Å²) in [7, 11) is 2.98. The number of nitriles is 1. The highest BCUT2D eigenvalue weighted by Crippen LogP contribution is 2.49. The summed E-state index contributed by atoms with van der Waals surface area (Å²) in [5.41, 5.74) is 8.60. The van der Waals surface area contributed by atoms with Gasteiger partial charge >= 0.3 is 0 Å². The molecule has 43 heavy (non-hydrogen) atoms. The minimum Gasteiger partial charge on any atom is -0.481 e. The lowest BCUT2D eigenvalue weighted by atomic mass is 9.96. The fraction of sp³-hybridized carbons (Fsp3) is 0.433. The molecular formula is C30H35ClF2N8O2. The van der Waals surface area contributed by atoms with Gasteiger partial charge in [0, 0.05) is 41.1 Å². The monoisotopic (exact) mass is 612 g/mol. The quantitative estimate of drug-likeness (QED) is 0.216. The SMILES string of the molecule is COC1=C([C@@H](Nc2cc(Cl)c3ncc(C#N)c(NCC(C)(C)C)c3c2)c2ccc(OC)nc2C)NNN1C1(C(F)F)CC1. The van der Waals surface area contributed by atoms with Crippen LogP contribution in [0.15, 0.2) is 42.0 Å². The summed E-state index contributed by atoms with van der Waals surface area (Å²) in [6.07, 6.45) is -0.433. The molecule has 13 heteroatoms. The number of methoxy groups -OCH3 is 2. The second-order valence-corrected chi connectivity index (χ2v) is 12.3. The summed E-state index contributed by atoms with van der Waals surface area (Å²) in [4.78, 5) is 9.00. The Morgan fingerprint density at radius 3 is 2.53 bits per heavy atom. The molecule has 3 heterocycles. The van der Waals surface area contributed by atoms with Gasteiger partial charge in [-0.05, 0) is 43.4 Å². The number of nitrogens with one attached hydrogen (secondary N) is 4. The lowest BCUT2D eigenvalue weighted by molar-refractivity contribution is -0.0266. The summed E-state index contributed by atoms with van der Waals surface area (Å²) in [6, 6.07) is 8.78. The summed E-state index contributed by atoms with van der Waals surface area (Å²) >= 11 is 6.76. The van der Waals surface area contributed by atoms with Crippen LogP contribution in [0.3, 0.4) is 0 Å². The molecule has 0 saturated heterocycles. The predicted molar refractivity (Wildman–Crippen MR) is 161 cm³/mol. The van der Waals surface area contributed by atoms with Gasteiger partial charge in [0.1, 0.15) is 23.3 Å². The minimum absolute atomic E-state index is 0.0564. The highest BCUT2D eigenvalue weighted by Gasteiger charge is 2.59. The Hall–Kier alpha value is -4.08. The molecule has 1 saturated carbocycles. The van der Waals surface area contributed by atoms with E-state index in [0.717, 1.165) is 5.56 Å². The Labute approximate surface area is 254 Å². The van der Waals surface area contributed by atoms with Crippen LogP contribution in [0.5, 0.6) is 5.88 Å². The van der Waals surface area contributed by atoms with Gasteiger partial charge in [-0.1, -0.05) is 32.4 Å². The van der Waals surface area contributed by atoms with E-state index < -0.39 is 18.0 Å². The lowest BCUT2D eigenvalue weighted by Gasteiger charge is -2.29. The third kappa shape index (κ3) is 5.79. The van der Waals surface area contributed by atoms with Gasteiger partial charge < -0.3 is 25.5 Å². The van der Waals surface area contributed by atoms with Crippen molar-refractivity contribution in [1.29, 1.82) is 5.26 Å². The molecule has 0 radical (unpaired) electrons. The van der Waals surface area contributed by atoms with Gasteiger partial charge in [-0.25, -0.2) is 18.8 Å². The van der Waals surface area contributed by atoms with E-state index in [9.17, 15) is 14.0 Å². The molecule has 4 N–H and O–H groups in total. The Balaban J connectivity index is 1.64. The molecule has 0 unspecified atom stereocenters. The highest BCUT2D eigenvalue weighted by atomic mass is 35.5. The number of anilines is 2. The maximum atomic E-state index is 14.1. The minimum atomic E-state index is -2.58. The van der Waals surface area contributed by atoms with Crippen molar-refractivity contribution in [3.05, 3.63) is 63.9 Å². The van der Waals surface area contributed by atoms with Crippen LogP contribution < -0.4 is 26.3 Å². The Bertz CT molecular complexity index is 1610. The van der Waals surface area contributed by atoms with Crippen molar-refractivity contribution in [2.75, 3.05) is 31.4 Å². The second-order valence-electron chi connectivity index (χ2n) is 11.9. The number of hydrogen-bond acceptors (Lipinski definition) is 10. The van der Waals surface area contributed by atoms with Crippen LogP contribution in [0, 0.1) is 23.7 Å². The van der Waals surface area contributed by atoms with Gasteiger partial charge in [0.15, 0.2) is 0 Å². The molecule has 5 rings (SSSR count). The van der Waals surface area contributed by atoms with Crippen molar-refractivity contribution >= 4 is 33.9 Å². The second kappa shape index (κ2) is 11.5. The van der Waals surface area contributed by atoms with Gasteiger partial charge in [-0.2, -0.15) is 5.26 Å². The zero-order valence-electron chi connectivity index (χ0n) is 24.9. The molecule has 3 aromatic rings. The largest absolute Gasteiger partial charge is 0.481 e. The van der Waals surface area contributed by atoms with Crippen molar-refractivity contribution < 1.29 is 18.3 Å². The number of aromatic nitrogens is 2. The van der Waals surface area contributed by atoms with E-state index in [-0.39, 0.29) is 11.3 Å². The number of rotatable bonds is 10. The number of alkyl halides is 2. The maximum Gasteiger partial charge on any atom is 0.263 e. The van der Waals surface area contributed by atoms with Crippen LogP contribution in [0.1, 0.15) is 56.5 Å². The van der Waals surface area contributed by atoms with E-state index in [0.29, 0.717) is 69.5 Å². The van der Waals surface area contributed by atoms with Crippen LogP contribution in [0.2, 0.25) is 5.02 Å². The van der Waals surface area contributed by atoms with Crippen molar-refractivity contribution in [2.24, 2.45) is 5.41 Å². The first-order chi connectivity index (χ1) is 20.4. The molecule has 0 amide bonds. The highest BCUT2D eigenvalue weighted by molar-refractivity contribution is 6.35. The number of benzene rings is 1. The van der Waals surface area contributed by atoms with Gasteiger partial charge in [0.2, 0.25) is 11.8 Å². The molecule has 1 fully saturated rings. The maximum absolute atomic E-state index is 14.1. The first-order valence-corrected chi connectivity index (χ1v) is 14.2. The smallest absolute Gasteiger partial charge is 0.263 e. The molecule has 2 aliphatic rings. The van der Waals surface area contributed by atoms with Crippen molar-refractivity contribution in [3.63, 3.8) is 0 Å². The van der Waals surface area contributed by atoms with Crippen molar-refractivity contribution in [3.8, 4) is 11.9 Å². The number of aryl methyl sites for hydroxylation is 1. The number of fused-ring (bicyclic) bond motifs is 1. The average Bonchev–Trinajstić information content (AvgIpc) is 3.67. The Kier molecular flexibility index (Phi) is 8.15. The van der Waals surface area contributed by atoms with E-state index in [1.807, 2.05) is 19.1 Å². The first-order valence-electron chi connectivity index (χ1n) is 13.8. The number of hydrazine groups is 2. The predicted octanol–water partition coefficient (Wildman–Crippen LogP) is 6.02. The van der Waals surface area contributed by atoms with Crippen LogP contribution in [-0.2, 0) is 4.74 Å². The third-order valence-electron chi connectivity index (χ3n) is 7.60. The summed E-state index contributed by atoms with van der Waals surface area (Å²) in [5, 5.41) is 19.2. The Morgan fingerprint density at radius 1 is 1.21 bits per heavy atom. The standard InChI is InChI=1S/C30H35ClF2N8O2/c1-16-19(7-8-22(37-16)42-5)25(26-27(43-6)41(40-39-26)30(9-10-30)28(32)33)38-18-11-20-23(36-15-29(2,3)4)17(13-34)14-35-24(20)21(31)12-18/h7-8,11-12,14,25,28,38-40H,9-10,15H2,1-6H3,(H,35,36)/t25-/m0/s1. The zero-order chi connectivity index (χ0) is 31.1. The number of hydrogen-bond donors (Lipinski definition) is 4. The molecule has 228 valence electrons. The van der Waals surface area contributed by atoms with E-state index in [4.69, 9.17) is 21.1 Å². The van der Waals surface area contributed by atoms with Gasteiger partial charge in [0.05, 0.1) is 36.0 Å². The van der Waals surface area contributed by atoms with Crippen molar-refractivity contribution in [1.82, 2.24) is 25.9 Å². The molecule has 10 nitrogen and oxygen atoms in total. The van der Waals surface area contributed by atoms with Gasteiger partial charge in [-0.3, -0.25) is 4.98 Å². The fourth-order valence-electron chi connectivity index (χ4n) is 5.13. The van der Waals surface area contributed by atoms with Gasteiger partial charge in [0.25, 0.3) is 6.43 Å². The average molecular weight is 613 g/mol. The normalized spacial score (nSPS) is 16.6. The molecular weight excluding hydrogens is 578 g/mol. The molecule has 0 spiro atoms. The van der Waals surface area contributed by atoms with E-state index >= 15 is 0 Å². The van der Waals surface area contributed by atoms with E-state index in [1.54, 1.807) is 12.1 Å². The van der Waals surface area contributed by atoms with Crippen LogP contribution in [0.4, 0.5) is 20.2 Å². The van der Waals surface area contributed by atoms with Crippen LogP contribution in [0.25, 0.3) is 10.9 Å². The number of halogens is 3. The number of ether oxygens (including phenoxy) is 2. The molecule has 0 bridgehead atoms. The van der Waals surface area contributed by atoms with E-state index in [2.05, 4.69) is 58.4 Å². The van der Waals surface area contributed by atoms with Crippen LogP contribution >= 0.6 is 11.6 Å². The van der Waals surface area contributed by atoms with Crippen LogP contribution in [-0.4, -0.2) is 47.7 Å². The lowest BCUT2D eigenvalue weighted by Crippen LogP contribution is -2.50. The number of pyridine rings is 2. The Morgan fingerprint density at radius 2 is 1.95 bits per heavy atom. The summed E-state index contributed by atoms with van der Waals surface area (Å²) in [5.74, 6) is 0.673. The molecule has 1 aromatic carbocycles. The first kappa shape index (κ1) is 30.4. The molecule has 1 aliphatic carbocycles. The summed E-state index contributed by atoms with van der Waals surface area (Å²) < 4.78 is 39.3.